The minimum atomic E-state index is -1.88. The number of halogens is 2. The van der Waals surface area contributed by atoms with Gasteiger partial charge in [0.1, 0.15) is 30.2 Å². The van der Waals surface area contributed by atoms with Gasteiger partial charge < -0.3 is 25.0 Å². The first kappa shape index (κ1) is 29.5. The first-order valence-corrected chi connectivity index (χ1v) is 12.9. The van der Waals surface area contributed by atoms with Crippen LogP contribution in [0.25, 0.3) is 0 Å². The Balaban J connectivity index is 1.61. The third kappa shape index (κ3) is 8.00. The number of alkyl carbamates (subject to hydrolysis) is 1. The summed E-state index contributed by atoms with van der Waals surface area (Å²) < 4.78 is 32.2. The van der Waals surface area contributed by atoms with Crippen molar-refractivity contribution in [2.45, 2.75) is 69.6 Å². The summed E-state index contributed by atoms with van der Waals surface area (Å²) in [5, 5.41) is 31.5. The van der Waals surface area contributed by atoms with Gasteiger partial charge in [0.05, 0.1) is 12.0 Å². The maximum absolute atomic E-state index is 13.7. The van der Waals surface area contributed by atoms with Gasteiger partial charge in [0.15, 0.2) is 0 Å². The van der Waals surface area contributed by atoms with Crippen molar-refractivity contribution >= 4 is 19.1 Å². The number of nitrogens with zero attached hydrogens (tertiary/aromatic N) is 3. The number of carbonyl (C=O) groups is 2. The zero-order chi connectivity index (χ0) is 27.9. The first-order valence-electron chi connectivity index (χ1n) is 12.9. The largest absolute Gasteiger partial charge is 0.475 e. The van der Waals surface area contributed by atoms with Crippen LogP contribution in [-0.4, -0.2) is 88.9 Å². The van der Waals surface area contributed by atoms with E-state index in [2.05, 4.69) is 5.32 Å². The van der Waals surface area contributed by atoms with E-state index >= 15 is 0 Å². The summed E-state index contributed by atoms with van der Waals surface area (Å²) in [4.78, 5) is 29.2. The molecule has 2 unspecified atom stereocenters. The molecule has 0 saturated carbocycles. The second-order valence-electron chi connectivity index (χ2n) is 10.4. The molecule has 1 aromatic carbocycles. The summed E-state index contributed by atoms with van der Waals surface area (Å²) in [5.41, 5.74) is -0.145. The van der Waals surface area contributed by atoms with Crippen LogP contribution in [0.2, 0.25) is 0 Å². The highest BCUT2D eigenvalue weighted by Crippen LogP contribution is 2.27. The molecule has 3 atom stereocenters. The molecule has 3 rings (SSSR count). The van der Waals surface area contributed by atoms with Crippen LogP contribution in [0.3, 0.4) is 0 Å². The van der Waals surface area contributed by atoms with E-state index < -0.39 is 48.6 Å². The second kappa shape index (κ2) is 13.2. The van der Waals surface area contributed by atoms with E-state index in [0.717, 1.165) is 12.8 Å². The van der Waals surface area contributed by atoms with Crippen LogP contribution < -0.4 is 5.32 Å². The molecule has 206 valence electrons. The number of likely N-dealkylation sites (tertiary alicyclic amines) is 2. The van der Waals surface area contributed by atoms with Crippen LogP contribution in [0.5, 0.6) is 0 Å². The van der Waals surface area contributed by atoms with Gasteiger partial charge in [0.2, 0.25) is 0 Å². The molecular formula is C26H35BF2N4O5. The first-order chi connectivity index (χ1) is 18.0. The highest BCUT2D eigenvalue weighted by Gasteiger charge is 2.35. The fraction of sp³-hybridized carbons (Fsp3) is 0.577. The van der Waals surface area contributed by atoms with Gasteiger partial charge in [-0.2, -0.15) is 5.26 Å². The Kier molecular flexibility index (Phi) is 10.2. The lowest BCUT2D eigenvalue weighted by atomic mass is 9.76. The number of carbonyl (C=O) groups excluding carboxylic acids is 2. The summed E-state index contributed by atoms with van der Waals surface area (Å²) in [6, 6.07) is 6.95. The molecule has 12 heteroatoms. The zero-order valence-corrected chi connectivity index (χ0v) is 21.8. The Morgan fingerprint density at radius 1 is 1.26 bits per heavy atom. The molecule has 2 aliphatic heterocycles. The number of hydrogen-bond donors (Lipinski definition) is 3. The Hall–Kier alpha value is -3.01. The molecule has 2 amide bonds. The van der Waals surface area contributed by atoms with Gasteiger partial charge in [-0.1, -0.05) is 12.1 Å². The van der Waals surface area contributed by atoms with E-state index in [-0.39, 0.29) is 25.1 Å². The lowest BCUT2D eigenvalue weighted by Gasteiger charge is -2.36. The number of hydrogen-bond acceptors (Lipinski definition) is 7. The van der Waals surface area contributed by atoms with E-state index in [0.29, 0.717) is 31.5 Å². The van der Waals surface area contributed by atoms with Crippen LogP contribution in [0.15, 0.2) is 35.9 Å². The quantitative estimate of drug-likeness (QED) is 0.253. The zero-order valence-electron chi connectivity index (χ0n) is 21.8. The summed E-state index contributed by atoms with van der Waals surface area (Å²) in [6.07, 6.45) is 2.32. The second-order valence-corrected chi connectivity index (χ2v) is 10.4. The van der Waals surface area contributed by atoms with E-state index in [1.54, 1.807) is 6.08 Å². The van der Waals surface area contributed by atoms with Crippen molar-refractivity contribution in [3.8, 4) is 6.07 Å². The van der Waals surface area contributed by atoms with E-state index in [1.807, 2.05) is 24.8 Å². The number of rotatable bonds is 9. The third-order valence-electron chi connectivity index (χ3n) is 7.12. The molecule has 2 aliphatic rings. The van der Waals surface area contributed by atoms with Gasteiger partial charge in [-0.3, -0.25) is 9.69 Å². The van der Waals surface area contributed by atoms with Crippen LogP contribution >= 0.6 is 0 Å². The highest BCUT2D eigenvalue weighted by molar-refractivity contribution is 6.43. The Labute approximate surface area is 222 Å². The van der Waals surface area contributed by atoms with Gasteiger partial charge in [-0.15, -0.1) is 0 Å². The van der Waals surface area contributed by atoms with Crippen molar-refractivity contribution in [2.75, 3.05) is 26.2 Å². The van der Waals surface area contributed by atoms with Crippen LogP contribution in [0.4, 0.5) is 13.6 Å². The Bertz CT molecular complexity index is 1050. The van der Waals surface area contributed by atoms with Crippen molar-refractivity contribution < 1.29 is 33.2 Å². The molecule has 0 spiro atoms. The van der Waals surface area contributed by atoms with Gasteiger partial charge in [0, 0.05) is 25.2 Å². The number of amides is 2. The third-order valence-corrected chi connectivity index (χ3v) is 7.12. The van der Waals surface area contributed by atoms with Crippen molar-refractivity contribution in [3.05, 3.63) is 47.3 Å². The van der Waals surface area contributed by atoms with Gasteiger partial charge >= 0.3 is 13.2 Å². The Morgan fingerprint density at radius 3 is 2.58 bits per heavy atom. The number of ether oxygens (including phenoxy) is 1. The summed E-state index contributed by atoms with van der Waals surface area (Å²) >= 11 is 0. The van der Waals surface area contributed by atoms with Crippen LogP contribution in [-0.2, 0) is 16.0 Å². The van der Waals surface area contributed by atoms with E-state index in [4.69, 9.17) is 4.74 Å². The maximum atomic E-state index is 13.7. The van der Waals surface area contributed by atoms with E-state index in [1.165, 1.54) is 29.2 Å². The molecule has 3 N–H and O–H groups in total. The molecule has 1 aromatic rings. The summed E-state index contributed by atoms with van der Waals surface area (Å²) in [5.74, 6) is -2.00. The average molecular weight is 532 g/mol. The minimum absolute atomic E-state index is 0.0351. The molecule has 0 aliphatic carbocycles. The molecule has 38 heavy (non-hydrogen) atoms. The lowest BCUT2D eigenvalue weighted by Crippen LogP contribution is -2.50. The predicted molar refractivity (Wildman–Crippen MR) is 137 cm³/mol. The maximum Gasteiger partial charge on any atom is 0.475 e. The van der Waals surface area contributed by atoms with Crippen molar-refractivity contribution in [3.63, 3.8) is 0 Å². The summed E-state index contributed by atoms with van der Waals surface area (Å²) in [7, 11) is -1.88. The topological polar surface area (TPSA) is 126 Å². The van der Waals surface area contributed by atoms with Crippen molar-refractivity contribution in [1.29, 1.82) is 5.26 Å². The standard InChI is InChI=1S/C26H35BF2N4O5/c1-26(2,32-12-10-21(29)16-32)14-19(15-30)24(34)33-11-4-3-5-22(33)17-38-25(35)31-23(27(36)37)13-18-6-8-20(28)9-7-18/h6-9,14,21-23,36-37H,3-5,10-13,16-17H2,1-2H3,(H,31,35)/t21?,22?,23-/m0/s1. The molecule has 2 fully saturated rings. The van der Waals surface area contributed by atoms with Crippen LogP contribution in [0.1, 0.15) is 45.1 Å². The van der Waals surface area contributed by atoms with E-state index in [9.17, 15) is 33.7 Å². The fourth-order valence-electron chi connectivity index (χ4n) is 4.89. The molecule has 2 saturated heterocycles. The summed E-state index contributed by atoms with van der Waals surface area (Å²) in [6.45, 7) is 4.73. The number of alkyl halides is 1. The SMILES string of the molecule is CC(C)(C=C(C#N)C(=O)N1CCCCC1COC(=O)N[C@@H](Cc1ccc(F)cc1)B(O)O)N1CCC(F)C1. The van der Waals surface area contributed by atoms with Gasteiger partial charge in [-0.25, -0.2) is 13.6 Å². The molecule has 0 aromatic heterocycles. The monoisotopic (exact) mass is 532 g/mol. The average Bonchev–Trinajstić information content (AvgIpc) is 3.34. The van der Waals surface area contributed by atoms with Gasteiger partial charge in [-0.05, 0) is 69.7 Å². The predicted octanol–water partition coefficient (Wildman–Crippen LogP) is 2.13. The molecule has 0 bridgehead atoms. The molecular weight excluding hydrogens is 497 g/mol. The number of nitrogens with one attached hydrogen (secondary N) is 1. The minimum Gasteiger partial charge on any atom is -0.447 e. The van der Waals surface area contributed by atoms with Crippen LogP contribution in [0, 0.1) is 17.1 Å². The van der Waals surface area contributed by atoms with Crippen molar-refractivity contribution in [2.24, 2.45) is 0 Å². The lowest BCUT2D eigenvalue weighted by molar-refractivity contribution is -0.131. The fourth-order valence-corrected chi connectivity index (χ4v) is 4.89. The van der Waals surface area contributed by atoms with Gasteiger partial charge in [0.25, 0.3) is 5.91 Å². The highest BCUT2D eigenvalue weighted by atomic mass is 19.1. The molecule has 0 radical (unpaired) electrons. The molecule has 9 nitrogen and oxygen atoms in total. The number of benzene rings is 1. The number of nitriles is 1. The van der Waals surface area contributed by atoms with Crippen molar-refractivity contribution in [1.82, 2.24) is 15.1 Å². The smallest absolute Gasteiger partial charge is 0.447 e. The Morgan fingerprint density at radius 2 is 1.97 bits per heavy atom. The number of piperidine rings is 1. The normalized spacial score (nSPS) is 21.5. The molecule has 2 heterocycles.